The van der Waals surface area contributed by atoms with Gasteiger partial charge in [0.1, 0.15) is 5.65 Å². The Balaban J connectivity index is 1.14. The topological polar surface area (TPSA) is 35.1 Å². The Labute approximate surface area is 301 Å². The summed E-state index contributed by atoms with van der Waals surface area (Å²) in [5.41, 5.74) is 15.3. The first-order valence-corrected chi connectivity index (χ1v) is 17.6. The van der Waals surface area contributed by atoms with Crippen molar-refractivity contribution in [1.29, 1.82) is 0 Å². The predicted octanol–water partition coefficient (Wildman–Crippen LogP) is 12.2. The van der Waals surface area contributed by atoms with Gasteiger partial charge in [-0.1, -0.05) is 152 Å². The van der Waals surface area contributed by atoms with Gasteiger partial charge in [0, 0.05) is 33.3 Å². The van der Waals surface area contributed by atoms with Crippen molar-refractivity contribution in [2.45, 2.75) is 0 Å². The van der Waals surface area contributed by atoms with E-state index < -0.39 is 0 Å². The van der Waals surface area contributed by atoms with Crippen LogP contribution in [0.3, 0.4) is 0 Å². The van der Waals surface area contributed by atoms with Gasteiger partial charge in [-0.05, 0) is 59.2 Å². The van der Waals surface area contributed by atoms with Gasteiger partial charge in [-0.25, -0.2) is 9.97 Å². The lowest BCUT2D eigenvalue weighted by Gasteiger charge is -2.12. The molecule has 0 atom stereocenters. The summed E-state index contributed by atoms with van der Waals surface area (Å²) in [7, 11) is 0. The third-order valence-electron chi connectivity index (χ3n) is 9.93. The maximum absolute atomic E-state index is 5.14. The summed E-state index contributed by atoms with van der Waals surface area (Å²) in [5.74, 6) is 0.704. The van der Waals surface area contributed by atoms with Gasteiger partial charge in [-0.2, -0.15) is 0 Å². The normalized spacial score (nSPS) is 11.5. The van der Waals surface area contributed by atoms with Gasteiger partial charge in [-0.15, -0.1) is 0 Å². The lowest BCUT2D eigenvalue weighted by molar-refractivity contribution is 1.15. The second kappa shape index (κ2) is 12.4. The number of fused-ring (bicyclic) bond motifs is 5. The number of aromatic nitrogens is 4. The van der Waals surface area contributed by atoms with Crippen molar-refractivity contribution in [3.05, 3.63) is 194 Å². The van der Waals surface area contributed by atoms with Gasteiger partial charge in [0.15, 0.2) is 5.82 Å². The standard InChI is InChI=1S/C48H32N4/c1-4-15-33(16-5-1)37-19-14-20-38(31-37)42-32-41(49-47(50-42)36-17-6-2-7-18-36)34-27-29-35(30-28-34)46-40-23-10-11-24-43(40)52-45-26-13-12-25-44(45)51(48(46)52)39-21-8-3-9-22-39/h1-32H. The molecular weight excluding hydrogens is 633 g/mol. The van der Waals surface area contributed by atoms with Crippen LogP contribution in [0.2, 0.25) is 0 Å². The van der Waals surface area contributed by atoms with Gasteiger partial charge < -0.3 is 0 Å². The van der Waals surface area contributed by atoms with Crippen molar-refractivity contribution in [2.75, 3.05) is 0 Å². The number of rotatable bonds is 6. The van der Waals surface area contributed by atoms with Crippen molar-refractivity contribution >= 4 is 27.6 Å². The summed E-state index contributed by atoms with van der Waals surface area (Å²) in [6.45, 7) is 0. The predicted molar refractivity (Wildman–Crippen MR) is 215 cm³/mol. The zero-order chi connectivity index (χ0) is 34.4. The summed E-state index contributed by atoms with van der Waals surface area (Å²) in [6.07, 6.45) is 0. The summed E-state index contributed by atoms with van der Waals surface area (Å²) in [5, 5.41) is 1.22. The highest BCUT2D eigenvalue weighted by Crippen LogP contribution is 2.41. The number of para-hydroxylation sites is 4. The van der Waals surface area contributed by atoms with E-state index in [-0.39, 0.29) is 0 Å². The SMILES string of the molecule is c1ccc(-c2cccc(-c3cc(-c4ccc(-c5c6ccccc6n6c7ccccc7n(-c7ccccc7)c56)cc4)nc(-c4ccccc4)n3)c2)cc1. The van der Waals surface area contributed by atoms with E-state index in [1.54, 1.807) is 0 Å². The highest BCUT2D eigenvalue weighted by atomic mass is 15.1. The van der Waals surface area contributed by atoms with Crippen molar-refractivity contribution < 1.29 is 0 Å². The maximum Gasteiger partial charge on any atom is 0.160 e. The average molecular weight is 665 g/mol. The second-order valence-electron chi connectivity index (χ2n) is 13.1. The second-order valence-corrected chi connectivity index (χ2v) is 13.1. The number of hydrogen-bond donors (Lipinski definition) is 0. The van der Waals surface area contributed by atoms with Crippen LogP contribution in [0.25, 0.3) is 89.4 Å². The molecule has 10 aromatic rings. The van der Waals surface area contributed by atoms with Crippen molar-refractivity contribution in [1.82, 2.24) is 18.9 Å². The third kappa shape index (κ3) is 5.00. The molecule has 0 amide bonds. The first-order chi connectivity index (χ1) is 25.8. The van der Waals surface area contributed by atoms with Crippen molar-refractivity contribution in [3.8, 4) is 61.8 Å². The molecule has 52 heavy (non-hydrogen) atoms. The molecule has 0 saturated heterocycles. The van der Waals surface area contributed by atoms with Gasteiger partial charge in [0.2, 0.25) is 0 Å². The van der Waals surface area contributed by atoms with Crippen LogP contribution < -0.4 is 0 Å². The molecule has 0 aliphatic rings. The minimum Gasteiger partial charge on any atom is -0.293 e. The molecule has 0 fully saturated rings. The zero-order valence-electron chi connectivity index (χ0n) is 28.3. The first-order valence-electron chi connectivity index (χ1n) is 17.6. The Morgan fingerprint density at radius 1 is 0.346 bits per heavy atom. The largest absolute Gasteiger partial charge is 0.293 e. The van der Waals surface area contributed by atoms with E-state index in [0.717, 1.165) is 50.5 Å². The molecule has 0 aliphatic heterocycles. The molecule has 4 nitrogen and oxygen atoms in total. The van der Waals surface area contributed by atoms with Crippen LogP contribution in [0, 0.1) is 0 Å². The highest BCUT2D eigenvalue weighted by Gasteiger charge is 2.22. The molecule has 0 aliphatic carbocycles. The van der Waals surface area contributed by atoms with Crippen LogP contribution in [0.5, 0.6) is 0 Å². The van der Waals surface area contributed by atoms with E-state index in [0.29, 0.717) is 5.82 Å². The number of nitrogens with zero attached hydrogens (tertiary/aromatic N) is 4. The molecule has 0 radical (unpaired) electrons. The van der Waals surface area contributed by atoms with E-state index in [1.807, 2.05) is 24.3 Å². The third-order valence-corrected chi connectivity index (χ3v) is 9.93. The van der Waals surface area contributed by atoms with Crippen LogP contribution in [0.1, 0.15) is 0 Å². The number of imidazole rings is 1. The van der Waals surface area contributed by atoms with E-state index in [4.69, 9.17) is 9.97 Å². The van der Waals surface area contributed by atoms with Gasteiger partial charge >= 0.3 is 0 Å². The van der Waals surface area contributed by atoms with E-state index >= 15 is 0 Å². The molecule has 10 rings (SSSR count). The average Bonchev–Trinajstić information content (AvgIpc) is 3.74. The molecule has 7 aromatic carbocycles. The fraction of sp³-hybridized carbons (Fsp3) is 0. The molecular formula is C48H32N4. The summed E-state index contributed by atoms with van der Waals surface area (Å²) in [4.78, 5) is 10.2. The molecule has 0 N–H and O–H groups in total. The number of hydrogen-bond acceptors (Lipinski definition) is 2. The molecule has 0 saturated carbocycles. The van der Waals surface area contributed by atoms with Gasteiger partial charge in [0.05, 0.1) is 27.9 Å². The first kappa shape index (κ1) is 29.8. The van der Waals surface area contributed by atoms with Crippen LogP contribution in [0.4, 0.5) is 0 Å². The van der Waals surface area contributed by atoms with Crippen LogP contribution in [-0.4, -0.2) is 18.9 Å². The van der Waals surface area contributed by atoms with Gasteiger partial charge in [-0.3, -0.25) is 8.97 Å². The van der Waals surface area contributed by atoms with Crippen LogP contribution in [0.15, 0.2) is 194 Å². The van der Waals surface area contributed by atoms with E-state index in [9.17, 15) is 0 Å². The van der Waals surface area contributed by atoms with E-state index in [1.165, 1.54) is 33.1 Å². The van der Waals surface area contributed by atoms with Crippen LogP contribution >= 0.6 is 0 Å². The van der Waals surface area contributed by atoms with Gasteiger partial charge in [0.25, 0.3) is 0 Å². The monoisotopic (exact) mass is 664 g/mol. The Morgan fingerprint density at radius 3 is 1.62 bits per heavy atom. The number of benzene rings is 7. The molecule has 3 aromatic heterocycles. The molecule has 0 bridgehead atoms. The molecule has 0 unspecified atom stereocenters. The molecule has 3 heterocycles. The summed E-state index contributed by atoms with van der Waals surface area (Å²) >= 11 is 0. The zero-order valence-corrected chi connectivity index (χ0v) is 28.3. The Kier molecular flexibility index (Phi) is 7.10. The lowest BCUT2D eigenvalue weighted by atomic mass is 9.99. The molecule has 4 heteroatoms. The minimum absolute atomic E-state index is 0.704. The lowest BCUT2D eigenvalue weighted by Crippen LogP contribution is -1.96. The maximum atomic E-state index is 5.14. The quantitative estimate of drug-likeness (QED) is 0.177. The summed E-state index contributed by atoms with van der Waals surface area (Å²) in [6, 6.07) is 68.4. The Morgan fingerprint density at radius 2 is 0.885 bits per heavy atom. The summed E-state index contributed by atoms with van der Waals surface area (Å²) < 4.78 is 4.80. The Bertz CT molecular complexity index is 2870. The Hall–Kier alpha value is -7.04. The van der Waals surface area contributed by atoms with Crippen molar-refractivity contribution in [2.24, 2.45) is 0 Å². The molecule has 0 spiro atoms. The smallest absolute Gasteiger partial charge is 0.160 e. The fourth-order valence-corrected chi connectivity index (χ4v) is 7.52. The fourth-order valence-electron chi connectivity index (χ4n) is 7.52. The van der Waals surface area contributed by atoms with Crippen molar-refractivity contribution in [3.63, 3.8) is 0 Å². The minimum atomic E-state index is 0.704. The molecule has 244 valence electrons. The highest BCUT2D eigenvalue weighted by molar-refractivity contribution is 6.09. The van der Waals surface area contributed by atoms with Crippen LogP contribution in [-0.2, 0) is 0 Å². The van der Waals surface area contributed by atoms with E-state index in [2.05, 4.69) is 179 Å².